The van der Waals surface area contributed by atoms with E-state index in [4.69, 9.17) is 14.5 Å². The molecule has 2 fully saturated rings. The Labute approximate surface area is 192 Å². The third kappa shape index (κ3) is 7.61. The van der Waals surface area contributed by atoms with Crippen molar-refractivity contribution in [2.45, 2.75) is 58.2 Å². The molecule has 0 aromatic heterocycles. The molecule has 1 aromatic rings. The molecule has 2 atom stereocenters. The van der Waals surface area contributed by atoms with Gasteiger partial charge in [0, 0.05) is 31.3 Å². The van der Waals surface area contributed by atoms with Crippen molar-refractivity contribution in [3.63, 3.8) is 0 Å². The lowest BCUT2D eigenvalue weighted by atomic mass is 10.1. The smallest absolute Gasteiger partial charge is 0.191 e. The van der Waals surface area contributed by atoms with Gasteiger partial charge in [0.2, 0.25) is 0 Å². The lowest BCUT2D eigenvalue weighted by Crippen LogP contribution is -2.44. The van der Waals surface area contributed by atoms with Gasteiger partial charge in [-0.25, -0.2) is 4.99 Å². The molecule has 0 radical (unpaired) electrons. The molecule has 2 aliphatic rings. The highest BCUT2D eigenvalue weighted by molar-refractivity contribution is 14.0. The summed E-state index contributed by atoms with van der Waals surface area (Å²) in [7, 11) is 2.20. The molecule has 6 nitrogen and oxygen atoms in total. The lowest BCUT2D eigenvalue weighted by molar-refractivity contribution is 0.0676. The number of nitrogens with zero attached hydrogens (tertiary/aromatic N) is 2. The average Bonchev–Trinajstić information content (AvgIpc) is 3.35. The van der Waals surface area contributed by atoms with Crippen LogP contribution in [0.5, 0.6) is 5.75 Å². The summed E-state index contributed by atoms with van der Waals surface area (Å²) in [5.41, 5.74) is 2.31. The third-order valence-electron chi connectivity index (χ3n) is 5.60. The molecule has 2 N–H and O–H groups in total. The highest BCUT2D eigenvalue weighted by Gasteiger charge is 2.20. The van der Waals surface area contributed by atoms with E-state index in [-0.39, 0.29) is 30.1 Å². The zero-order valence-electron chi connectivity index (χ0n) is 18.1. The van der Waals surface area contributed by atoms with Crippen LogP contribution in [0.15, 0.2) is 23.2 Å². The summed E-state index contributed by atoms with van der Waals surface area (Å²) in [6.07, 6.45) is 4.98. The van der Waals surface area contributed by atoms with Gasteiger partial charge in [-0.15, -0.1) is 24.0 Å². The average molecular weight is 516 g/mol. The van der Waals surface area contributed by atoms with Gasteiger partial charge in [0.1, 0.15) is 12.4 Å². The number of nitrogens with one attached hydrogen (secondary N) is 2. The maximum absolute atomic E-state index is 6.11. The van der Waals surface area contributed by atoms with Crippen LogP contribution in [0.4, 0.5) is 0 Å². The fourth-order valence-corrected chi connectivity index (χ4v) is 3.84. The van der Waals surface area contributed by atoms with E-state index in [0.717, 1.165) is 49.8 Å². The number of aryl methyl sites for hydroxylation is 1. The van der Waals surface area contributed by atoms with Gasteiger partial charge in [-0.3, -0.25) is 0 Å². The molecule has 0 spiro atoms. The molecule has 2 heterocycles. The number of aliphatic imine (C=N–C) groups is 1. The Morgan fingerprint density at radius 2 is 2.14 bits per heavy atom. The monoisotopic (exact) mass is 516 g/mol. The van der Waals surface area contributed by atoms with E-state index in [1.165, 1.54) is 24.9 Å². The summed E-state index contributed by atoms with van der Waals surface area (Å²) in [6.45, 7) is 9.23. The molecule has 0 bridgehead atoms. The summed E-state index contributed by atoms with van der Waals surface area (Å²) >= 11 is 0. The van der Waals surface area contributed by atoms with Crippen molar-refractivity contribution in [3.8, 4) is 5.75 Å². The van der Waals surface area contributed by atoms with Crippen LogP contribution in [0.2, 0.25) is 0 Å². The number of benzene rings is 1. The molecular weight excluding hydrogens is 479 g/mol. The van der Waals surface area contributed by atoms with Gasteiger partial charge in [0.15, 0.2) is 5.96 Å². The van der Waals surface area contributed by atoms with Crippen molar-refractivity contribution in [2.24, 2.45) is 4.99 Å². The van der Waals surface area contributed by atoms with E-state index in [0.29, 0.717) is 19.2 Å². The van der Waals surface area contributed by atoms with Gasteiger partial charge >= 0.3 is 0 Å². The van der Waals surface area contributed by atoms with Gasteiger partial charge in [-0.05, 0) is 64.8 Å². The van der Waals surface area contributed by atoms with E-state index >= 15 is 0 Å². The number of likely N-dealkylation sites (N-methyl/N-ethyl adjacent to an activating group) is 1. The highest BCUT2D eigenvalue weighted by Crippen LogP contribution is 2.23. The molecule has 2 saturated heterocycles. The number of guanidine groups is 1. The van der Waals surface area contributed by atoms with Crippen LogP contribution in [0.1, 0.15) is 43.7 Å². The predicted octanol–water partition coefficient (Wildman–Crippen LogP) is 3.32. The Bertz CT molecular complexity index is 650. The van der Waals surface area contributed by atoms with Gasteiger partial charge in [-0.2, -0.15) is 0 Å². The van der Waals surface area contributed by atoms with Crippen molar-refractivity contribution < 1.29 is 9.47 Å². The second kappa shape index (κ2) is 12.6. The molecule has 7 heteroatoms. The minimum Gasteiger partial charge on any atom is -0.491 e. The van der Waals surface area contributed by atoms with Gasteiger partial charge in [-0.1, -0.05) is 12.1 Å². The van der Waals surface area contributed by atoms with Crippen molar-refractivity contribution in [1.82, 2.24) is 15.5 Å². The van der Waals surface area contributed by atoms with Gasteiger partial charge in [0.05, 0.1) is 12.6 Å². The van der Waals surface area contributed by atoms with Crippen LogP contribution in [0.3, 0.4) is 0 Å². The molecular formula is C22H37IN4O2. The topological polar surface area (TPSA) is 58.1 Å². The van der Waals surface area contributed by atoms with Crippen molar-refractivity contribution >= 4 is 29.9 Å². The van der Waals surface area contributed by atoms with E-state index < -0.39 is 0 Å². The SMILES string of the molecule is CCNC(=NCc1ccc(C)cc1OCC1CCCO1)NCC1CCCN1C.I. The van der Waals surface area contributed by atoms with Crippen molar-refractivity contribution in [1.29, 1.82) is 0 Å². The molecule has 0 amide bonds. The van der Waals surface area contributed by atoms with E-state index in [9.17, 15) is 0 Å². The normalized spacial score (nSPS) is 22.4. The minimum atomic E-state index is 0. The molecule has 0 saturated carbocycles. The number of halogens is 1. The van der Waals surface area contributed by atoms with E-state index in [1.54, 1.807) is 0 Å². The van der Waals surface area contributed by atoms with E-state index in [1.807, 2.05) is 0 Å². The largest absolute Gasteiger partial charge is 0.491 e. The Morgan fingerprint density at radius 3 is 2.83 bits per heavy atom. The van der Waals surface area contributed by atoms with Gasteiger partial charge < -0.3 is 25.0 Å². The van der Waals surface area contributed by atoms with Crippen LogP contribution in [-0.4, -0.2) is 62.9 Å². The maximum atomic E-state index is 6.11. The summed E-state index contributed by atoms with van der Waals surface area (Å²) < 4.78 is 11.8. The standard InChI is InChI=1S/C22H36N4O2.HI/c1-4-23-22(25-15-19-7-5-11-26(19)3)24-14-18-10-9-17(2)13-21(18)28-16-20-8-6-12-27-20;/h9-10,13,19-20H,4-8,11-12,14-16H2,1-3H3,(H2,23,24,25);1H. The molecule has 1 aromatic carbocycles. The van der Waals surface area contributed by atoms with Crippen molar-refractivity contribution in [3.05, 3.63) is 29.3 Å². The first-order valence-corrected chi connectivity index (χ1v) is 10.7. The zero-order chi connectivity index (χ0) is 19.8. The first-order valence-electron chi connectivity index (χ1n) is 10.7. The van der Waals surface area contributed by atoms with Crippen LogP contribution in [-0.2, 0) is 11.3 Å². The lowest BCUT2D eigenvalue weighted by Gasteiger charge is -2.21. The quantitative estimate of drug-likeness (QED) is 0.316. The Balaban J connectivity index is 0.00000300. The maximum Gasteiger partial charge on any atom is 0.191 e. The highest BCUT2D eigenvalue weighted by atomic mass is 127. The van der Waals surface area contributed by atoms with Crippen LogP contribution in [0, 0.1) is 6.92 Å². The molecule has 2 aliphatic heterocycles. The first-order chi connectivity index (χ1) is 13.7. The third-order valence-corrected chi connectivity index (χ3v) is 5.60. The Morgan fingerprint density at radius 1 is 1.28 bits per heavy atom. The second-order valence-corrected chi connectivity index (χ2v) is 7.91. The van der Waals surface area contributed by atoms with Crippen LogP contribution >= 0.6 is 24.0 Å². The van der Waals surface area contributed by atoms with Crippen molar-refractivity contribution in [2.75, 3.05) is 39.9 Å². The van der Waals surface area contributed by atoms with E-state index in [2.05, 4.69) is 54.6 Å². The van der Waals surface area contributed by atoms with Crippen LogP contribution in [0.25, 0.3) is 0 Å². The second-order valence-electron chi connectivity index (χ2n) is 7.91. The Hall–Kier alpha value is -1.06. The molecule has 2 unspecified atom stereocenters. The summed E-state index contributed by atoms with van der Waals surface area (Å²) in [4.78, 5) is 7.23. The first kappa shape index (κ1) is 24.2. The summed E-state index contributed by atoms with van der Waals surface area (Å²) in [5.74, 6) is 1.79. The zero-order valence-corrected chi connectivity index (χ0v) is 20.4. The van der Waals surface area contributed by atoms with Gasteiger partial charge in [0.25, 0.3) is 0 Å². The number of rotatable bonds is 8. The molecule has 164 valence electrons. The minimum absolute atomic E-state index is 0. The Kier molecular flexibility index (Phi) is 10.5. The number of ether oxygens (including phenoxy) is 2. The fourth-order valence-electron chi connectivity index (χ4n) is 3.84. The molecule has 3 rings (SSSR count). The number of hydrogen-bond acceptors (Lipinski definition) is 4. The van der Waals surface area contributed by atoms with Crippen LogP contribution < -0.4 is 15.4 Å². The summed E-state index contributed by atoms with van der Waals surface area (Å²) in [6, 6.07) is 6.94. The number of hydrogen-bond donors (Lipinski definition) is 2. The molecule has 0 aliphatic carbocycles. The molecule has 29 heavy (non-hydrogen) atoms. The summed E-state index contributed by atoms with van der Waals surface area (Å²) in [5, 5.41) is 6.87. The fraction of sp³-hybridized carbons (Fsp3) is 0.682. The number of likely N-dealkylation sites (tertiary alicyclic amines) is 1. The predicted molar refractivity (Wildman–Crippen MR) is 130 cm³/mol.